The van der Waals surface area contributed by atoms with Crippen molar-refractivity contribution in [1.82, 2.24) is 15.3 Å². The Balaban J connectivity index is 1.63. The number of hydrogen-bond acceptors (Lipinski definition) is 5. The van der Waals surface area contributed by atoms with Crippen LogP contribution in [0.1, 0.15) is 30.0 Å². The number of rotatable bonds is 5. The van der Waals surface area contributed by atoms with Crippen LogP contribution in [0.2, 0.25) is 0 Å². The number of carboxylic acids is 1. The van der Waals surface area contributed by atoms with Gasteiger partial charge in [0, 0.05) is 31.4 Å². The molecular weight excluding hydrogens is 351 g/mol. The quantitative estimate of drug-likeness (QED) is 0.834. The number of carbonyl (C=O) groups excluding carboxylic acids is 1. The molecule has 142 valence electrons. The summed E-state index contributed by atoms with van der Waals surface area (Å²) in [6.45, 7) is 2.84. The molecule has 27 heavy (non-hydrogen) atoms. The van der Waals surface area contributed by atoms with E-state index in [1.54, 1.807) is 25.5 Å². The zero-order valence-corrected chi connectivity index (χ0v) is 14.9. The fourth-order valence-electron chi connectivity index (χ4n) is 3.22. The van der Waals surface area contributed by atoms with Crippen LogP contribution in [0.15, 0.2) is 36.8 Å². The van der Waals surface area contributed by atoms with Crippen LogP contribution in [-0.4, -0.2) is 40.0 Å². The van der Waals surface area contributed by atoms with E-state index in [9.17, 15) is 19.1 Å². The molecule has 0 aliphatic carbocycles. The molecule has 1 aromatic carbocycles. The number of carboxylic acid groups (broad SMARTS) is 1. The fraction of sp³-hybridized carbons (Fsp3) is 0.368. The minimum Gasteiger partial charge on any atom is -0.479 e. The van der Waals surface area contributed by atoms with Gasteiger partial charge in [-0.05, 0) is 37.0 Å². The van der Waals surface area contributed by atoms with E-state index in [1.165, 1.54) is 18.2 Å². The summed E-state index contributed by atoms with van der Waals surface area (Å²) in [4.78, 5) is 34.6. The molecule has 1 amide bonds. The van der Waals surface area contributed by atoms with Crippen molar-refractivity contribution in [1.29, 1.82) is 0 Å². The van der Waals surface area contributed by atoms with Gasteiger partial charge in [-0.25, -0.2) is 14.2 Å². The van der Waals surface area contributed by atoms with E-state index >= 15 is 0 Å². The number of benzene rings is 1. The number of piperidine rings is 1. The Kier molecular flexibility index (Phi) is 5.63. The third-order valence-electron chi connectivity index (χ3n) is 4.79. The third kappa shape index (κ3) is 4.39. The molecule has 7 nitrogen and oxygen atoms in total. The Bertz CT molecular complexity index is 823. The first-order chi connectivity index (χ1) is 13.0. The second-order valence-electron chi connectivity index (χ2n) is 6.61. The van der Waals surface area contributed by atoms with E-state index in [-0.39, 0.29) is 11.8 Å². The molecule has 0 spiro atoms. The molecule has 1 unspecified atom stereocenters. The molecule has 2 heterocycles. The zero-order chi connectivity index (χ0) is 19.4. The number of anilines is 1. The summed E-state index contributed by atoms with van der Waals surface area (Å²) in [5.74, 6) is -1.40. The lowest BCUT2D eigenvalue weighted by molar-refractivity contribution is -0.142. The Morgan fingerprint density at radius 2 is 2.04 bits per heavy atom. The van der Waals surface area contributed by atoms with Crippen molar-refractivity contribution in [2.24, 2.45) is 5.92 Å². The highest BCUT2D eigenvalue weighted by atomic mass is 19.1. The topological polar surface area (TPSA) is 95.4 Å². The molecule has 1 aliphatic rings. The summed E-state index contributed by atoms with van der Waals surface area (Å²) >= 11 is 0. The van der Waals surface area contributed by atoms with Gasteiger partial charge in [0.1, 0.15) is 11.6 Å². The predicted octanol–water partition coefficient (Wildman–Crippen LogP) is 2.08. The molecule has 1 atom stereocenters. The summed E-state index contributed by atoms with van der Waals surface area (Å²) < 4.78 is 13.4. The molecule has 8 heteroatoms. The van der Waals surface area contributed by atoms with Gasteiger partial charge in [-0.3, -0.25) is 9.78 Å². The monoisotopic (exact) mass is 372 g/mol. The van der Waals surface area contributed by atoms with Crippen LogP contribution < -0.4 is 10.2 Å². The van der Waals surface area contributed by atoms with E-state index in [0.29, 0.717) is 37.1 Å². The maximum Gasteiger partial charge on any atom is 0.330 e. The first-order valence-electron chi connectivity index (χ1n) is 8.76. The summed E-state index contributed by atoms with van der Waals surface area (Å²) in [6, 6.07) is 2.85. The molecule has 1 saturated heterocycles. The highest BCUT2D eigenvalue weighted by molar-refractivity contribution is 5.86. The number of aryl methyl sites for hydroxylation is 1. The number of aromatic nitrogens is 2. The zero-order valence-electron chi connectivity index (χ0n) is 14.9. The maximum absolute atomic E-state index is 13.4. The molecule has 1 aromatic heterocycles. The third-order valence-corrected chi connectivity index (χ3v) is 4.79. The molecule has 1 fully saturated rings. The number of carbonyl (C=O) groups is 2. The average molecular weight is 372 g/mol. The van der Waals surface area contributed by atoms with Crippen molar-refractivity contribution < 1.29 is 19.1 Å². The molecule has 1 aliphatic heterocycles. The molecule has 3 rings (SSSR count). The van der Waals surface area contributed by atoms with Crippen LogP contribution in [0.25, 0.3) is 0 Å². The molecular formula is C19H21FN4O3. The lowest BCUT2D eigenvalue weighted by atomic mass is 9.95. The van der Waals surface area contributed by atoms with Crippen LogP contribution in [0.4, 0.5) is 10.2 Å². The Hall–Kier alpha value is -3.03. The molecule has 0 bridgehead atoms. The van der Waals surface area contributed by atoms with Gasteiger partial charge in [-0.15, -0.1) is 0 Å². The maximum atomic E-state index is 13.4. The lowest BCUT2D eigenvalue weighted by Crippen LogP contribution is -2.43. The number of halogens is 1. The van der Waals surface area contributed by atoms with Crippen molar-refractivity contribution in [2.45, 2.75) is 25.8 Å². The highest BCUT2D eigenvalue weighted by Gasteiger charge is 2.30. The van der Waals surface area contributed by atoms with Gasteiger partial charge in [-0.2, -0.15) is 0 Å². The number of hydrogen-bond donors (Lipinski definition) is 2. The van der Waals surface area contributed by atoms with Crippen LogP contribution in [0.3, 0.4) is 0 Å². The van der Waals surface area contributed by atoms with Gasteiger partial charge in [-0.1, -0.05) is 12.1 Å². The number of nitrogens with one attached hydrogen (secondary N) is 1. The van der Waals surface area contributed by atoms with E-state index in [4.69, 9.17) is 0 Å². The molecule has 0 radical (unpaired) electrons. The van der Waals surface area contributed by atoms with Crippen LogP contribution in [0.5, 0.6) is 0 Å². The van der Waals surface area contributed by atoms with Gasteiger partial charge in [0.05, 0.1) is 6.20 Å². The second kappa shape index (κ2) is 8.11. The summed E-state index contributed by atoms with van der Waals surface area (Å²) in [6.07, 6.45) is 6.09. The van der Waals surface area contributed by atoms with Crippen molar-refractivity contribution in [3.63, 3.8) is 0 Å². The summed E-state index contributed by atoms with van der Waals surface area (Å²) in [5.41, 5.74) is 0.692. The smallest absolute Gasteiger partial charge is 0.330 e. The van der Waals surface area contributed by atoms with Crippen molar-refractivity contribution >= 4 is 17.7 Å². The summed E-state index contributed by atoms with van der Waals surface area (Å²) in [7, 11) is 0. The average Bonchev–Trinajstić information content (AvgIpc) is 2.69. The number of aliphatic carboxylic acids is 1. The van der Waals surface area contributed by atoms with Crippen molar-refractivity contribution in [3.05, 3.63) is 53.7 Å². The van der Waals surface area contributed by atoms with Crippen LogP contribution in [0, 0.1) is 18.7 Å². The largest absolute Gasteiger partial charge is 0.479 e. The van der Waals surface area contributed by atoms with Gasteiger partial charge < -0.3 is 15.3 Å². The first kappa shape index (κ1) is 18.8. The van der Waals surface area contributed by atoms with E-state index in [0.717, 1.165) is 5.82 Å². The predicted molar refractivity (Wildman–Crippen MR) is 96.6 cm³/mol. The normalized spacial score (nSPS) is 16.0. The van der Waals surface area contributed by atoms with Gasteiger partial charge in [0.25, 0.3) is 0 Å². The highest BCUT2D eigenvalue weighted by Crippen LogP contribution is 2.23. The Labute approximate surface area is 156 Å². The minimum atomic E-state index is -1.20. The van der Waals surface area contributed by atoms with Crippen molar-refractivity contribution in [2.75, 3.05) is 18.0 Å². The first-order valence-corrected chi connectivity index (χ1v) is 8.76. The minimum absolute atomic E-state index is 0.277. The van der Waals surface area contributed by atoms with E-state index < -0.39 is 17.8 Å². The van der Waals surface area contributed by atoms with Crippen LogP contribution >= 0.6 is 0 Å². The lowest BCUT2D eigenvalue weighted by Gasteiger charge is -2.32. The van der Waals surface area contributed by atoms with Crippen molar-refractivity contribution in [3.8, 4) is 0 Å². The fourth-order valence-corrected chi connectivity index (χ4v) is 3.22. The molecule has 2 N–H and O–H groups in total. The van der Waals surface area contributed by atoms with Gasteiger partial charge in [0.15, 0.2) is 6.04 Å². The van der Waals surface area contributed by atoms with Gasteiger partial charge in [0.2, 0.25) is 5.91 Å². The SMILES string of the molecule is Cc1cc(C(NC(=O)C2CCN(c3cnccn3)CC2)C(=O)O)ccc1F. The standard InChI is InChI=1S/C19H21FN4O3/c1-12-10-14(2-3-15(12)20)17(19(26)27)23-18(25)13-4-8-24(9-5-13)16-11-21-6-7-22-16/h2-3,6-7,10-11,13,17H,4-5,8-9H2,1H3,(H,23,25)(H,26,27). The Morgan fingerprint density at radius 3 is 2.63 bits per heavy atom. The molecule has 2 aromatic rings. The number of amides is 1. The Morgan fingerprint density at radius 1 is 1.30 bits per heavy atom. The van der Waals surface area contributed by atoms with E-state index in [1.807, 2.05) is 0 Å². The van der Waals surface area contributed by atoms with Crippen LogP contribution in [-0.2, 0) is 9.59 Å². The summed E-state index contributed by atoms with van der Waals surface area (Å²) in [5, 5.41) is 12.1. The van der Waals surface area contributed by atoms with Gasteiger partial charge >= 0.3 is 5.97 Å². The molecule has 0 saturated carbocycles. The second-order valence-corrected chi connectivity index (χ2v) is 6.61. The van der Waals surface area contributed by atoms with E-state index in [2.05, 4.69) is 20.2 Å². The number of nitrogens with zero attached hydrogens (tertiary/aromatic N) is 3.